The van der Waals surface area contributed by atoms with Crippen molar-refractivity contribution < 1.29 is 14.7 Å². The quantitative estimate of drug-likeness (QED) is 0.848. The van der Waals surface area contributed by atoms with Crippen LogP contribution in [-0.4, -0.2) is 41.6 Å². The predicted molar refractivity (Wildman–Crippen MR) is 82.6 cm³/mol. The number of nitrogens with one attached hydrogen (secondary N) is 1. The number of amides is 2. The van der Waals surface area contributed by atoms with Crippen molar-refractivity contribution in [3.8, 4) is 0 Å². The molecule has 116 valence electrons. The Labute approximate surface area is 129 Å². The van der Waals surface area contributed by atoms with Gasteiger partial charge in [-0.3, -0.25) is 4.79 Å². The number of nitrogens with zero attached hydrogens (tertiary/aromatic N) is 1. The molecule has 1 aliphatic rings. The van der Waals surface area contributed by atoms with E-state index in [-0.39, 0.29) is 12.5 Å². The number of carbonyl (C=O) groups excluding carboxylic acids is 1. The second kappa shape index (κ2) is 8.02. The molecule has 1 aromatic rings. The number of aliphatic carboxylic acids is 1. The van der Waals surface area contributed by atoms with Crippen LogP contribution in [0, 0.1) is 5.92 Å². The van der Waals surface area contributed by atoms with Gasteiger partial charge in [0, 0.05) is 30.9 Å². The summed E-state index contributed by atoms with van der Waals surface area (Å²) in [5, 5.41) is 13.7. The highest BCUT2D eigenvalue weighted by Gasteiger charge is 2.22. The Morgan fingerprint density at radius 2 is 2.14 bits per heavy atom. The summed E-state index contributed by atoms with van der Waals surface area (Å²) in [5.41, 5.74) is 0. The smallest absolute Gasteiger partial charge is 0.317 e. The van der Waals surface area contributed by atoms with E-state index in [0.717, 1.165) is 38.8 Å². The molecule has 0 aromatic carbocycles. The van der Waals surface area contributed by atoms with Crippen LogP contribution in [0.25, 0.3) is 0 Å². The standard InChI is InChI=1S/C15H22N2O3S/c18-14(19)4-3-12-6-9-17(10-7-12)15(20)16-8-5-13-2-1-11-21-13/h1-2,11-12H,3-10H2,(H,16,20)(H,18,19). The summed E-state index contributed by atoms with van der Waals surface area (Å²) in [5.74, 6) is -0.292. The van der Waals surface area contributed by atoms with Crippen LogP contribution < -0.4 is 5.32 Å². The zero-order chi connectivity index (χ0) is 15.1. The molecule has 1 saturated heterocycles. The van der Waals surface area contributed by atoms with E-state index in [1.807, 2.05) is 16.3 Å². The average Bonchev–Trinajstić information content (AvgIpc) is 2.99. The molecule has 1 aromatic heterocycles. The fourth-order valence-corrected chi connectivity index (χ4v) is 3.32. The molecule has 2 N–H and O–H groups in total. The largest absolute Gasteiger partial charge is 0.481 e. The van der Waals surface area contributed by atoms with Crippen LogP contribution in [0.2, 0.25) is 0 Å². The monoisotopic (exact) mass is 310 g/mol. The van der Waals surface area contributed by atoms with Gasteiger partial charge < -0.3 is 15.3 Å². The summed E-state index contributed by atoms with van der Waals surface area (Å²) in [4.78, 5) is 25.7. The molecule has 0 radical (unpaired) electrons. The lowest BCUT2D eigenvalue weighted by molar-refractivity contribution is -0.137. The van der Waals surface area contributed by atoms with Gasteiger partial charge in [0.2, 0.25) is 0 Å². The third-order valence-corrected chi connectivity index (χ3v) is 4.83. The van der Waals surface area contributed by atoms with Crippen LogP contribution in [0.5, 0.6) is 0 Å². The highest BCUT2D eigenvalue weighted by Crippen LogP contribution is 2.21. The molecule has 0 saturated carbocycles. The van der Waals surface area contributed by atoms with Gasteiger partial charge in [0.25, 0.3) is 0 Å². The number of carboxylic acid groups (broad SMARTS) is 1. The summed E-state index contributed by atoms with van der Waals surface area (Å²) in [6.45, 7) is 2.13. The number of piperidine rings is 1. The molecule has 1 aliphatic heterocycles. The minimum absolute atomic E-state index is 0.00300. The summed E-state index contributed by atoms with van der Waals surface area (Å²) >= 11 is 1.71. The van der Waals surface area contributed by atoms with Gasteiger partial charge in [-0.05, 0) is 43.0 Å². The van der Waals surface area contributed by atoms with Crippen LogP contribution in [0.4, 0.5) is 4.79 Å². The molecule has 6 heteroatoms. The molecule has 2 heterocycles. The molecule has 21 heavy (non-hydrogen) atoms. The van der Waals surface area contributed by atoms with Gasteiger partial charge in [-0.25, -0.2) is 4.79 Å². The number of rotatable bonds is 6. The Balaban J connectivity index is 1.62. The Bertz CT molecular complexity index is 453. The van der Waals surface area contributed by atoms with Crippen LogP contribution >= 0.6 is 11.3 Å². The normalized spacial score (nSPS) is 15.9. The number of likely N-dealkylation sites (tertiary alicyclic amines) is 1. The molecule has 0 aliphatic carbocycles. The minimum atomic E-state index is -0.733. The fraction of sp³-hybridized carbons (Fsp3) is 0.600. The molecule has 2 rings (SSSR count). The number of urea groups is 1. The number of carboxylic acids is 1. The Morgan fingerprint density at radius 3 is 2.76 bits per heavy atom. The fourth-order valence-electron chi connectivity index (χ4n) is 2.61. The van der Waals surface area contributed by atoms with Crippen molar-refractivity contribution in [1.82, 2.24) is 10.2 Å². The van der Waals surface area contributed by atoms with Crippen molar-refractivity contribution in [2.24, 2.45) is 5.92 Å². The number of hydrogen-bond donors (Lipinski definition) is 2. The first-order chi connectivity index (χ1) is 10.1. The lowest BCUT2D eigenvalue weighted by Crippen LogP contribution is -2.45. The first-order valence-electron chi connectivity index (χ1n) is 7.42. The maximum atomic E-state index is 12.0. The van der Waals surface area contributed by atoms with Crippen molar-refractivity contribution >= 4 is 23.3 Å². The zero-order valence-electron chi connectivity index (χ0n) is 12.1. The summed E-state index contributed by atoms with van der Waals surface area (Å²) < 4.78 is 0. The van der Waals surface area contributed by atoms with E-state index in [1.54, 1.807) is 11.3 Å². The van der Waals surface area contributed by atoms with E-state index in [1.165, 1.54) is 4.88 Å². The maximum Gasteiger partial charge on any atom is 0.317 e. The molecule has 5 nitrogen and oxygen atoms in total. The van der Waals surface area contributed by atoms with E-state index in [9.17, 15) is 9.59 Å². The number of hydrogen-bond acceptors (Lipinski definition) is 3. The second-order valence-corrected chi connectivity index (χ2v) is 6.46. The summed E-state index contributed by atoms with van der Waals surface area (Å²) in [7, 11) is 0. The van der Waals surface area contributed by atoms with Gasteiger partial charge in [-0.15, -0.1) is 11.3 Å². The van der Waals surface area contributed by atoms with E-state index < -0.39 is 5.97 Å². The van der Waals surface area contributed by atoms with Crippen LogP contribution in [0.1, 0.15) is 30.6 Å². The maximum absolute atomic E-state index is 12.0. The Kier molecular flexibility index (Phi) is 6.04. The second-order valence-electron chi connectivity index (χ2n) is 5.42. The Morgan fingerprint density at radius 1 is 1.38 bits per heavy atom. The van der Waals surface area contributed by atoms with Crippen molar-refractivity contribution in [2.75, 3.05) is 19.6 Å². The topological polar surface area (TPSA) is 69.6 Å². The van der Waals surface area contributed by atoms with Gasteiger partial charge in [0.1, 0.15) is 0 Å². The lowest BCUT2D eigenvalue weighted by Gasteiger charge is -2.31. The molecule has 1 fully saturated rings. The van der Waals surface area contributed by atoms with Gasteiger partial charge >= 0.3 is 12.0 Å². The Hall–Kier alpha value is -1.56. The molecule has 0 atom stereocenters. The van der Waals surface area contributed by atoms with E-state index >= 15 is 0 Å². The first kappa shape index (κ1) is 15.8. The first-order valence-corrected chi connectivity index (χ1v) is 8.30. The number of thiophene rings is 1. The van der Waals surface area contributed by atoms with Gasteiger partial charge in [-0.1, -0.05) is 6.07 Å². The van der Waals surface area contributed by atoms with Gasteiger partial charge in [0.05, 0.1) is 0 Å². The predicted octanol–water partition coefficient (Wildman–Crippen LogP) is 2.58. The number of carbonyl (C=O) groups is 2. The van der Waals surface area contributed by atoms with Crippen LogP contribution in [0.15, 0.2) is 17.5 Å². The van der Waals surface area contributed by atoms with Gasteiger partial charge in [0.15, 0.2) is 0 Å². The van der Waals surface area contributed by atoms with E-state index in [4.69, 9.17) is 5.11 Å². The van der Waals surface area contributed by atoms with Crippen molar-refractivity contribution in [3.05, 3.63) is 22.4 Å². The van der Waals surface area contributed by atoms with Crippen molar-refractivity contribution in [2.45, 2.75) is 32.1 Å². The summed E-state index contributed by atoms with van der Waals surface area (Å²) in [6, 6.07) is 4.09. The third kappa shape index (κ3) is 5.38. The lowest BCUT2D eigenvalue weighted by atomic mass is 9.92. The van der Waals surface area contributed by atoms with E-state index in [0.29, 0.717) is 12.5 Å². The minimum Gasteiger partial charge on any atom is -0.481 e. The van der Waals surface area contributed by atoms with Gasteiger partial charge in [-0.2, -0.15) is 0 Å². The molecular weight excluding hydrogens is 288 g/mol. The molecule has 0 unspecified atom stereocenters. The van der Waals surface area contributed by atoms with Crippen LogP contribution in [-0.2, 0) is 11.2 Å². The highest BCUT2D eigenvalue weighted by molar-refractivity contribution is 7.09. The average molecular weight is 310 g/mol. The molecular formula is C15H22N2O3S. The molecule has 0 spiro atoms. The third-order valence-electron chi connectivity index (χ3n) is 3.90. The van der Waals surface area contributed by atoms with Crippen molar-refractivity contribution in [3.63, 3.8) is 0 Å². The molecule has 2 amide bonds. The SMILES string of the molecule is O=C(O)CCC1CCN(C(=O)NCCc2cccs2)CC1. The molecule has 0 bridgehead atoms. The summed E-state index contributed by atoms with van der Waals surface area (Å²) in [6.07, 6.45) is 3.65. The van der Waals surface area contributed by atoms with E-state index in [2.05, 4.69) is 11.4 Å². The zero-order valence-corrected chi connectivity index (χ0v) is 12.9. The van der Waals surface area contributed by atoms with Crippen LogP contribution in [0.3, 0.4) is 0 Å². The highest BCUT2D eigenvalue weighted by atomic mass is 32.1. The van der Waals surface area contributed by atoms with Crippen molar-refractivity contribution in [1.29, 1.82) is 0 Å².